The Kier molecular flexibility index (Phi) is 4.41. The van der Waals surface area contributed by atoms with E-state index in [0.29, 0.717) is 18.1 Å². The van der Waals surface area contributed by atoms with Crippen LogP contribution in [0.1, 0.15) is 5.56 Å². The molecule has 0 amide bonds. The molecule has 3 heteroatoms. The molecule has 96 valence electrons. The van der Waals surface area contributed by atoms with Gasteiger partial charge in [0.25, 0.3) is 0 Å². The summed E-state index contributed by atoms with van der Waals surface area (Å²) in [6.45, 7) is 0.473. The lowest BCUT2D eigenvalue weighted by Gasteiger charge is -2.09. The summed E-state index contributed by atoms with van der Waals surface area (Å²) in [5.74, 6) is 2.68. The van der Waals surface area contributed by atoms with Gasteiger partial charge in [0, 0.05) is 18.2 Å². The third-order valence-corrected chi connectivity index (χ3v) is 2.42. The molecule has 19 heavy (non-hydrogen) atoms. The molecule has 0 unspecified atom stereocenters. The van der Waals surface area contributed by atoms with E-state index >= 15 is 0 Å². The van der Waals surface area contributed by atoms with Gasteiger partial charge < -0.3 is 9.47 Å². The van der Waals surface area contributed by atoms with Crippen LogP contribution >= 0.6 is 0 Å². The molecule has 0 aliphatic carbocycles. The maximum absolute atomic E-state index is 13.4. The average Bonchev–Trinajstić information content (AvgIpc) is 2.43. The highest BCUT2D eigenvalue weighted by molar-refractivity contribution is 5.34. The van der Waals surface area contributed by atoms with E-state index in [-0.39, 0.29) is 6.61 Å². The van der Waals surface area contributed by atoms with Gasteiger partial charge in [-0.2, -0.15) is 0 Å². The van der Waals surface area contributed by atoms with E-state index in [1.807, 2.05) is 30.3 Å². The monoisotopic (exact) mass is 256 g/mol. The van der Waals surface area contributed by atoms with E-state index in [1.54, 1.807) is 6.07 Å². The molecule has 2 rings (SSSR count). The number of rotatable bonds is 5. The predicted octanol–water partition coefficient (Wildman–Crippen LogP) is 3.42. The third-order valence-electron chi connectivity index (χ3n) is 2.42. The highest BCUT2D eigenvalue weighted by Gasteiger charge is 2.03. The van der Waals surface area contributed by atoms with Crippen molar-refractivity contribution in [1.82, 2.24) is 0 Å². The first-order chi connectivity index (χ1) is 9.28. The normalized spacial score (nSPS) is 9.68. The van der Waals surface area contributed by atoms with Crippen molar-refractivity contribution in [3.8, 4) is 23.8 Å². The lowest BCUT2D eigenvalue weighted by atomic mass is 10.2. The molecule has 0 fully saturated rings. The van der Waals surface area contributed by atoms with E-state index < -0.39 is 5.82 Å². The molecular formula is C16H13FO2. The topological polar surface area (TPSA) is 18.5 Å². The molecule has 2 nitrogen and oxygen atoms in total. The molecule has 0 N–H and O–H groups in total. The summed E-state index contributed by atoms with van der Waals surface area (Å²) in [5.41, 5.74) is 1.01. The highest BCUT2D eigenvalue weighted by atomic mass is 19.1. The summed E-state index contributed by atoms with van der Waals surface area (Å²) in [6, 6.07) is 13.8. The number of halogens is 1. The van der Waals surface area contributed by atoms with Crippen LogP contribution < -0.4 is 9.47 Å². The van der Waals surface area contributed by atoms with Crippen LogP contribution in [-0.4, -0.2) is 6.61 Å². The molecule has 0 saturated carbocycles. The summed E-state index contributed by atoms with van der Waals surface area (Å²) in [4.78, 5) is 0. The van der Waals surface area contributed by atoms with Crippen LogP contribution in [0.5, 0.6) is 11.5 Å². The summed E-state index contributed by atoms with van der Waals surface area (Å²) in [5, 5.41) is 0. The van der Waals surface area contributed by atoms with Crippen molar-refractivity contribution >= 4 is 0 Å². The van der Waals surface area contributed by atoms with Gasteiger partial charge in [-0.1, -0.05) is 36.3 Å². The first-order valence-corrected chi connectivity index (χ1v) is 5.81. The predicted molar refractivity (Wildman–Crippen MR) is 71.5 cm³/mol. The number of hydrogen-bond acceptors (Lipinski definition) is 2. The lowest BCUT2D eigenvalue weighted by Crippen LogP contribution is -1.98. The van der Waals surface area contributed by atoms with E-state index in [9.17, 15) is 4.39 Å². The van der Waals surface area contributed by atoms with Crippen LogP contribution in [-0.2, 0) is 6.61 Å². The fourth-order valence-corrected chi connectivity index (χ4v) is 1.57. The van der Waals surface area contributed by atoms with E-state index in [1.165, 1.54) is 12.1 Å². The Hall–Kier alpha value is -2.47. The molecule has 0 spiro atoms. The summed E-state index contributed by atoms with van der Waals surface area (Å²) >= 11 is 0. The van der Waals surface area contributed by atoms with Crippen LogP contribution in [0.25, 0.3) is 0 Å². The Morgan fingerprint density at radius 3 is 2.37 bits per heavy atom. The molecule has 2 aromatic carbocycles. The first-order valence-electron chi connectivity index (χ1n) is 5.81. The Morgan fingerprint density at radius 1 is 1.00 bits per heavy atom. The third kappa shape index (κ3) is 4.04. The molecule has 0 saturated heterocycles. The van der Waals surface area contributed by atoms with E-state index in [2.05, 4.69) is 5.92 Å². The number of benzene rings is 2. The second-order valence-corrected chi connectivity index (χ2v) is 3.89. The van der Waals surface area contributed by atoms with Crippen LogP contribution in [0.2, 0.25) is 0 Å². The molecule has 0 heterocycles. The zero-order valence-electron chi connectivity index (χ0n) is 10.3. The molecule has 0 atom stereocenters. The van der Waals surface area contributed by atoms with E-state index in [0.717, 1.165) is 5.56 Å². The Morgan fingerprint density at radius 2 is 1.68 bits per heavy atom. The molecule has 2 aromatic rings. The van der Waals surface area contributed by atoms with Gasteiger partial charge >= 0.3 is 0 Å². The molecule has 0 aliphatic heterocycles. The van der Waals surface area contributed by atoms with Crippen molar-refractivity contribution in [3.05, 3.63) is 59.9 Å². The van der Waals surface area contributed by atoms with Crippen molar-refractivity contribution < 1.29 is 13.9 Å². The second-order valence-electron chi connectivity index (χ2n) is 3.89. The first kappa shape index (κ1) is 13.0. The largest absolute Gasteiger partial charge is 0.489 e. The molecular weight excluding hydrogens is 243 g/mol. The van der Waals surface area contributed by atoms with Crippen molar-refractivity contribution in [2.24, 2.45) is 0 Å². The second kappa shape index (κ2) is 6.46. The quantitative estimate of drug-likeness (QED) is 0.763. The summed E-state index contributed by atoms with van der Waals surface area (Å²) in [7, 11) is 0. The van der Waals surface area contributed by atoms with Crippen molar-refractivity contribution in [1.29, 1.82) is 0 Å². The van der Waals surface area contributed by atoms with Crippen LogP contribution in [0.15, 0.2) is 48.5 Å². The SMILES string of the molecule is C#CCOc1cc(F)cc(OCc2ccccc2)c1. The maximum Gasteiger partial charge on any atom is 0.148 e. The van der Waals surface area contributed by atoms with Gasteiger partial charge in [0.05, 0.1) is 0 Å². The average molecular weight is 256 g/mol. The van der Waals surface area contributed by atoms with Gasteiger partial charge in [0.2, 0.25) is 0 Å². The number of ether oxygens (including phenoxy) is 2. The van der Waals surface area contributed by atoms with Gasteiger partial charge in [0.1, 0.15) is 30.5 Å². The molecule has 0 radical (unpaired) electrons. The summed E-state index contributed by atoms with van der Waals surface area (Å²) < 4.78 is 24.1. The van der Waals surface area contributed by atoms with E-state index in [4.69, 9.17) is 15.9 Å². The lowest BCUT2D eigenvalue weighted by molar-refractivity contribution is 0.300. The Bertz CT molecular complexity index is 573. The van der Waals surface area contributed by atoms with Crippen LogP contribution in [0.3, 0.4) is 0 Å². The summed E-state index contributed by atoms with van der Waals surface area (Å²) in [6.07, 6.45) is 5.09. The maximum atomic E-state index is 13.4. The van der Waals surface area contributed by atoms with Crippen molar-refractivity contribution in [2.45, 2.75) is 6.61 Å². The Labute approximate surface area is 111 Å². The Balaban J connectivity index is 2.04. The fraction of sp³-hybridized carbons (Fsp3) is 0.125. The standard InChI is InChI=1S/C16H13FO2/c1-2-8-18-15-9-14(17)10-16(11-15)19-12-13-6-4-3-5-7-13/h1,3-7,9-11H,8,12H2. The number of terminal acetylenes is 1. The van der Waals surface area contributed by atoms with Crippen molar-refractivity contribution in [2.75, 3.05) is 6.61 Å². The van der Waals surface area contributed by atoms with Gasteiger partial charge in [-0.3, -0.25) is 0 Å². The minimum atomic E-state index is -0.419. The van der Waals surface area contributed by atoms with Crippen LogP contribution in [0.4, 0.5) is 4.39 Å². The molecule has 0 bridgehead atoms. The minimum Gasteiger partial charge on any atom is -0.489 e. The zero-order valence-corrected chi connectivity index (χ0v) is 10.3. The smallest absolute Gasteiger partial charge is 0.148 e. The fourth-order valence-electron chi connectivity index (χ4n) is 1.57. The van der Waals surface area contributed by atoms with Gasteiger partial charge in [-0.15, -0.1) is 6.42 Å². The minimum absolute atomic E-state index is 0.0988. The van der Waals surface area contributed by atoms with Gasteiger partial charge in [-0.25, -0.2) is 4.39 Å². The zero-order chi connectivity index (χ0) is 13.5. The van der Waals surface area contributed by atoms with Gasteiger partial charge in [-0.05, 0) is 5.56 Å². The highest BCUT2D eigenvalue weighted by Crippen LogP contribution is 2.22. The molecule has 0 aromatic heterocycles. The van der Waals surface area contributed by atoms with Crippen molar-refractivity contribution in [3.63, 3.8) is 0 Å². The van der Waals surface area contributed by atoms with Gasteiger partial charge in [0.15, 0.2) is 0 Å². The number of hydrogen-bond donors (Lipinski definition) is 0. The van der Waals surface area contributed by atoms with Crippen LogP contribution in [0, 0.1) is 18.2 Å². The molecule has 0 aliphatic rings.